The van der Waals surface area contributed by atoms with Crippen LogP contribution < -0.4 is 0 Å². The number of carbonyl (C=O) groups is 1. The topological polar surface area (TPSA) is 87.3 Å². The molecule has 1 aromatic carbocycles. The molecule has 24 heavy (non-hydrogen) atoms. The number of imidazole rings is 1. The first-order chi connectivity index (χ1) is 11.6. The zero-order chi connectivity index (χ0) is 17.1. The number of rotatable bonds is 6. The third-order valence-corrected chi connectivity index (χ3v) is 4.63. The van der Waals surface area contributed by atoms with Gasteiger partial charge in [-0.1, -0.05) is 6.07 Å². The van der Waals surface area contributed by atoms with E-state index in [4.69, 9.17) is 0 Å². The fraction of sp³-hybridized carbons (Fsp3) is 0.250. The highest BCUT2D eigenvalue weighted by Crippen LogP contribution is 2.41. The minimum atomic E-state index is -0.512. The van der Waals surface area contributed by atoms with Gasteiger partial charge in [0.15, 0.2) is 5.16 Å². The Morgan fingerprint density at radius 1 is 1.50 bits per heavy atom. The average Bonchev–Trinajstić information content (AvgIpc) is 3.32. The highest BCUT2D eigenvalue weighted by molar-refractivity contribution is 7.99. The molecule has 8 heteroatoms. The Morgan fingerprint density at radius 3 is 2.96 bits per heavy atom. The Morgan fingerprint density at radius 2 is 2.29 bits per heavy atom. The molecule has 0 spiro atoms. The van der Waals surface area contributed by atoms with Crippen LogP contribution in [0.25, 0.3) is 6.08 Å². The zero-order valence-electron chi connectivity index (χ0n) is 12.9. The van der Waals surface area contributed by atoms with Gasteiger partial charge in [0.1, 0.15) is 0 Å². The summed E-state index contributed by atoms with van der Waals surface area (Å²) in [6.45, 7) is 0. The van der Waals surface area contributed by atoms with Crippen molar-refractivity contribution in [3.8, 4) is 0 Å². The summed E-state index contributed by atoms with van der Waals surface area (Å²) in [7, 11) is 1.27. The number of carbonyl (C=O) groups excluding carboxylic acids is 1. The number of nitrogens with zero attached hydrogens (tertiary/aromatic N) is 3. The number of hydrogen-bond acceptors (Lipinski definition) is 6. The van der Waals surface area contributed by atoms with Crippen molar-refractivity contribution in [3.63, 3.8) is 0 Å². The third kappa shape index (κ3) is 3.65. The van der Waals surface area contributed by atoms with Crippen LogP contribution in [-0.2, 0) is 9.53 Å². The van der Waals surface area contributed by atoms with Gasteiger partial charge in [0.2, 0.25) is 0 Å². The van der Waals surface area contributed by atoms with Crippen molar-refractivity contribution in [3.05, 3.63) is 52.3 Å². The number of aromatic nitrogens is 2. The van der Waals surface area contributed by atoms with E-state index >= 15 is 0 Å². The molecule has 124 valence electrons. The normalized spacial score (nSPS) is 14.0. The molecule has 7 nitrogen and oxygen atoms in total. The number of hydrogen-bond donors (Lipinski definition) is 0. The Hall–Kier alpha value is -2.61. The van der Waals surface area contributed by atoms with Gasteiger partial charge in [0.05, 0.1) is 16.9 Å². The molecule has 2 aromatic rings. The molecule has 0 aliphatic heterocycles. The molecule has 1 heterocycles. The number of nitro groups is 1. The molecule has 3 rings (SSSR count). The lowest BCUT2D eigenvalue weighted by atomic mass is 10.2. The van der Waals surface area contributed by atoms with Crippen molar-refractivity contribution in [1.29, 1.82) is 0 Å². The SMILES string of the molecule is COC(=O)C=Cc1ccc(Sc2nccn2C2CC2)c([N+](=O)[O-])c1. The fourth-order valence-electron chi connectivity index (χ4n) is 2.21. The van der Waals surface area contributed by atoms with E-state index in [0.717, 1.165) is 18.0 Å². The molecular weight excluding hydrogens is 330 g/mol. The molecule has 1 aliphatic carbocycles. The van der Waals surface area contributed by atoms with Crippen LogP contribution in [0.2, 0.25) is 0 Å². The molecule has 0 radical (unpaired) electrons. The van der Waals surface area contributed by atoms with Crippen LogP contribution in [0.3, 0.4) is 0 Å². The standard InChI is InChI=1S/C16H15N3O4S/c1-23-15(20)7-3-11-2-6-14(13(10-11)19(21)22)24-16-17-8-9-18(16)12-4-5-12/h2-3,6-10,12H,4-5H2,1H3. The molecule has 0 unspecified atom stereocenters. The van der Waals surface area contributed by atoms with E-state index in [1.807, 2.05) is 6.20 Å². The van der Waals surface area contributed by atoms with E-state index in [0.29, 0.717) is 16.5 Å². The van der Waals surface area contributed by atoms with Gasteiger partial charge >= 0.3 is 5.97 Å². The van der Waals surface area contributed by atoms with Crippen LogP contribution in [0.1, 0.15) is 24.4 Å². The van der Waals surface area contributed by atoms with Crippen molar-refractivity contribution in [1.82, 2.24) is 9.55 Å². The summed E-state index contributed by atoms with van der Waals surface area (Å²) >= 11 is 1.28. The van der Waals surface area contributed by atoms with Crippen LogP contribution in [0.15, 0.2) is 46.7 Å². The second-order valence-corrected chi connectivity index (χ2v) is 6.30. The molecule has 0 N–H and O–H groups in total. The van der Waals surface area contributed by atoms with Gasteiger partial charge in [0.25, 0.3) is 5.69 Å². The number of ether oxygens (including phenoxy) is 1. The van der Waals surface area contributed by atoms with Crippen LogP contribution in [0, 0.1) is 10.1 Å². The summed E-state index contributed by atoms with van der Waals surface area (Å²) in [6.07, 6.45) is 8.55. The highest BCUT2D eigenvalue weighted by Gasteiger charge is 2.26. The average molecular weight is 345 g/mol. The van der Waals surface area contributed by atoms with Gasteiger partial charge < -0.3 is 9.30 Å². The highest BCUT2D eigenvalue weighted by atomic mass is 32.2. The minimum absolute atomic E-state index is 0.0163. The first-order valence-electron chi connectivity index (χ1n) is 7.33. The summed E-state index contributed by atoms with van der Waals surface area (Å²) < 4.78 is 6.57. The third-order valence-electron chi connectivity index (χ3n) is 3.57. The van der Waals surface area contributed by atoms with E-state index in [2.05, 4.69) is 14.3 Å². The largest absolute Gasteiger partial charge is 0.466 e. The maximum atomic E-state index is 11.4. The Labute approximate surface area is 142 Å². The van der Waals surface area contributed by atoms with Gasteiger partial charge in [0, 0.05) is 30.6 Å². The van der Waals surface area contributed by atoms with E-state index in [-0.39, 0.29) is 5.69 Å². The van der Waals surface area contributed by atoms with Gasteiger partial charge in [-0.05, 0) is 42.3 Å². The van der Waals surface area contributed by atoms with Crippen molar-refractivity contribution in [2.24, 2.45) is 0 Å². The predicted octanol–water partition coefficient (Wildman–Crippen LogP) is 3.46. The quantitative estimate of drug-likeness (QED) is 0.345. The maximum absolute atomic E-state index is 11.4. The lowest BCUT2D eigenvalue weighted by molar-refractivity contribution is -0.387. The predicted molar refractivity (Wildman–Crippen MR) is 88.8 cm³/mol. The van der Waals surface area contributed by atoms with Gasteiger partial charge in [-0.2, -0.15) is 0 Å². The van der Waals surface area contributed by atoms with Crippen molar-refractivity contribution >= 4 is 29.5 Å². The van der Waals surface area contributed by atoms with Crippen molar-refractivity contribution in [2.45, 2.75) is 28.9 Å². The molecule has 1 fully saturated rings. The molecule has 0 amide bonds. The number of benzene rings is 1. The maximum Gasteiger partial charge on any atom is 0.330 e. The summed E-state index contributed by atoms with van der Waals surface area (Å²) in [5.41, 5.74) is 0.541. The molecule has 0 bridgehead atoms. The monoisotopic (exact) mass is 345 g/mol. The van der Waals surface area contributed by atoms with Crippen LogP contribution in [0.4, 0.5) is 5.69 Å². The number of esters is 1. The lowest BCUT2D eigenvalue weighted by Gasteiger charge is -2.06. The second kappa shape index (κ2) is 6.88. The van der Waals surface area contributed by atoms with Crippen molar-refractivity contribution in [2.75, 3.05) is 7.11 Å². The van der Waals surface area contributed by atoms with Crippen LogP contribution in [-0.4, -0.2) is 27.6 Å². The zero-order valence-corrected chi connectivity index (χ0v) is 13.7. The molecule has 1 aliphatic rings. The molecule has 1 saturated carbocycles. The van der Waals surface area contributed by atoms with Gasteiger partial charge in [-0.15, -0.1) is 0 Å². The Bertz CT molecular complexity index is 811. The van der Waals surface area contributed by atoms with Crippen LogP contribution >= 0.6 is 11.8 Å². The van der Waals surface area contributed by atoms with E-state index in [9.17, 15) is 14.9 Å². The number of nitro benzene ring substituents is 1. The molecular formula is C16H15N3O4S. The molecule has 0 atom stereocenters. The summed E-state index contributed by atoms with van der Waals surface area (Å²) in [5, 5.41) is 12.1. The smallest absolute Gasteiger partial charge is 0.330 e. The summed E-state index contributed by atoms with van der Waals surface area (Å²) in [5.74, 6) is -0.512. The molecule has 0 saturated heterocycles. The Balaban J connectivity index is 1.87. The first kappa shape index (κ1) is 16.3. The van der Waals surface area contributed by atoms with Gasteiger partial charge in [-0.3, -0.25) is 10.1 Å². The number of methoxy groups -OCH3 is 1. The van der Waals surface area contributed by atoms with E-state index in [1.165, 1.54) is 37.1 Å². The van der Waals surface area contributed by atoms with E-state index in [1.54, 1.807) is 18.3 Å². The lowest BCUT2D eigenvalue weighted by Crippen LogP contribution is -1.97. The fourth-order valence-corrected chi connectivity index (χ4v) is 3.21. The van der Waals surface area contributed by atoms with Crippen LogP contribution in [0.5, 0.6) is 0 Å². The van der Waals surface area contributed by atoms with E-state index < -0.39 is 10.9 Å². The first-order valence-corrected chi connectivity index (χ1v) is 8.15. The molecule has 1 aromatic heterocycles. The minimum Gasteiger partial charge on any atom is -0.466 e. The second-order valence-electron chi connectivity index (χ2n) is 5.29. The van der Waals surface area contributed by atoms with Gasteiger partial charge in [-0.25, -0.2) is 9.78 Å². The Kier molecular flexibility index (Phi) is 4.66. The summed E-state index contributed by atoms with van der Waals surface area (Å²) in [4.78, 5) is 26.9. The summed E-state index contributed by atoms with van der Waals surface area (Å²) in [6, 6.07) is 5.29. The van der Waals surface area contributed by atoms with Crippen molar-refractivity contribution < 1.29 is 14.5 Å².